The lowest BCUT2D eigenvalue weighted by Crippen LogP contribution is -2.44. The van der Waals surface area contributed by atoms with Crippen LogP contribution in [0.4, 0.5) is 10.1 Å². The number of likely N-dealkylation sites (N-methyl/N-ethyl adjacent to an activating group) is 1. The van der Waals surface area contributed by atoms with Gasteiger partial charge in [-0.05, 0) is 50.4 Å². The molecular formula is C33H35FN6O8. The number of pyridine rings is 2. The highest BCUT2D eigenvalue weighted by Crippen LogP contribution is 2.33. The number of carboxylic acid groups (broad SMARTS) is 2. The average Bonchev–Trinajstić information content (AvgIpc) is 3.08. The largest absolute Gasteiger partial charge is 0.493 e. The van der Waals surface area contributed by atoms with Gasteiger partial charge in [0.2, 0.25) is 5.43 Å². The Morgan fingerprint density at radius 2 is 1.71 bits per heavy atom. The van der Waals surface area contributed by atoms with E-state index in [0.717, 1.165) is 13.1 Å². The van der Waals surface area contributed by atoms with Crippen molar-refractivity contribution in [2.75, 3.05) is 52.3 Å². The number of hydrogen-bond donors (Lipinski definition) is 3. The van der Waals surface area contributed by atoms with Crippen LogP contribution in [-0.4, -0.2) is 96.2 Å². The van der Waals surface area contributed by atoms with Crippen molar-refractivity contribution in [1.29, 1.82) is 0 Å². The molecule has 14 nitrogen and oxygen atoms in total. The highest BCUT2D eigenvalue weighted by atomic mass is 19.1. The second-order valence-corrected chi connectivity index (χ2v) is 10.6. The number of rotatable bonds is 9. The molecule has 0 unspecified atom stereocenters. The first kappa shape index (κ1) is 35.0. The van der Waals surface area contributed by atoms with Gasteiger partial charge in [0.25, 0.3) is 5.91 Å². The topological polar surface area (TPSA) is 176 Å². The van der Waals surface area contributed by atoms with Crippen LogP contribution in [0.25, 0.3) is 10.9 Å². The molecule has 48 heavy (non-hydrogen) atoms. The number of benzene rings is 2. The number of aromatic carboxylic acids is 2. The molecule has 1 aliphatic heterocycles. The van der Waals surface area contributed by atoms with Gasteiger partial charge in [0.1, 0.15) is 16.9 Å². The van der Waals surface area contributed by atoms with E-state index < -0.39 is 29.1 Å². The molecule has 0 bridgehead atoms. The number of anilines is 1. The molecule has 0 aliphatic carbocycles. The molecular weight excluding hydrogens is 627 g/mol. The Labute approximate surface area is 274 Å². The molecule has 2 aromatic heterocycles. The van der Waals surface area contributed by atoms with Crippen molar-refractivity contribution < 1.29 is 38.5 Å². The highest BCUT2D eigenvalue weighted by molar-refractivity contribution is 6.02. The van der Waals surface area contributed by atoms with E-state index in [2.05, 4.69) is 20.4 Å². The molecule has 0 saturated carbocycles. The maximum atomic E-state index is 14.6. The third-order valence-electron chi connectivity index (χ3n) is 7.67. The number of hydrogen-bond acceptors (Lipinski definition) is 10. The molecule has 2 aromatic carbocycles. The van der Waals surface area contributed by atoms with Crippen molar-refractivity contribution in [2.24, 2.45) is 5.10 Å². The molecule has 3 heterocycles. The number of nitrogens with one attached hydrogen (secondary N) is 1. The van der Waals surface area contributed by atoms with Gasteiger partial charge in [0.05, 0.1) is 31.6 Å². The Balaban J connectivity index is 0.000000217. The number of carboxylic acids is 2. The molecule has 1 aliphatic rings. The Kier molecular flexibility index (Phi) is 11.4. The van der Waals surface area contributed by atoms with Crippen LogP contribution in [-0.2, 0) is 6.54 Å². The van der Waals surface area contributed by atoms with E-state index in [4.69, 9.17) is 9.47 Å². The fraction of sp³-hybridized carbons (Fsp3) is 0.273. The fourth-order valence-corrected chi connectivity index (χ4v) is 5.10. The van der Waals surface area contributed by atoms with Gasteiger partial charge < -0.3 is 34.1 Å². The first-order valence-corrected chi connectivity index (χ1v) is 14.8. The molecule has 5 rings (SSSR count). The first-order chi connectivity index (χ1) is 23.0. The fourth-order valence-electron chi connectivity index (χ4n) is 5.10. The van der Waals surface area contributed by atoms with Gasteiger partial charge in [0, 0.05) is 67.8 Å². The number of carbonyl (C=O) groups is 3. The molecule has 0 atom stereocenters. The monoisotopic (exact) mass is 662 g/mol. The Hall–Kier alpha value is -5.83. The second kappa shape index (κ2) is 15.6. The van der Waals surface area contributed by atoms with Crippen LogP contribution in [0.5, 0.6) is 11.5 Å². The predicted molar refractivity (Wildman–Crippen MR) is 176 cm³/mol. The number of aryl methyl sites for hydroxylation is 1. The normalized spacial score (nSPS) is 13.1. The molecule has 3 N–H and O–H groups in total. The van der Waals surface area contributed by atoms with E-state index >= 15 is 0 Å². The molecule has 0 spiro atoms. The molecule has 4 aromatic rings. The highest BCUT2D eigenvalue weighted by Gasteiger charge is 2.22. The summed E-state index contributed by atoms with van der Waals surface area (Å²) in [6.45, 7) is 5.45. The number of halogens is 1. The zero-order valence-electron chi connectivity index (χ0n) is 26.8. The zero-order chi connectivity index (χ0) is 35.0. The van der Waals surface area contributed by atoms with Crippen LogP contribution in [0, 0.1) is 5.82 Å². The van der Waals surface area contributed by atoms with Crippen molar-refractivity contribution in [3.63, 3.8) is 0 Å². The Bertz CT molecular complexity index is 1910. The smallest absolute Gasteiger partial charge is 0.341 e. The molecule has 1 saturated heterocycles. The third kappa shape index (κ3) is 7.75. The summed E-state index contributed by atoms with van der Waals surface area (Å²) in [6.07, 6.45) is 5.52. The number of ether oxygens (including phenoxy) is 2. The number of piperazine rings is 1. The number of hydrazone groups is 1. The minimum Gasteiger partial charge on any atom is -0.493 e. The van der Waals surface area contributed by atoms with Crippen LogP contribution in [0.2, 0.25) is 0 Å². The van der Waals surface area contributed by atoms with Gasteiger partial charge in [-0.1, -0.05) is 0 Å². The lowest BCUT2D eigenvalue weighted by molar-refractivity contribution is 0.0682. The van der Waals surface area contributed by atoms with Crippen molar-refractivity contribution >= 4 is 40.7 Å². The zero-order valence-corrected chi connectivity index (χ0v) is 26.8. The first-order valence-electron chi connectivity index (χ1n) is 14.8. The van der Waals surface area contributed by atoms with Crippen LogP contribution in [0.15, 0.2) is 64.9 Å². The summed E-state index contributed by atoms with van der Waals surface area (Å²) in [5, 5.41) is 22.5. The summed E-state index contributed by atoms with van der Waals surface area (Å²) >= 11 is 0. The summed E-state index contributed by atoms with van der Waals surface area (Å²) in [5.74, 6) is -3.07. The minimum atomic E-state index is -1.30. The van der Waals surface area contributed by atoms with Gasteiger partial charge in [0.15, 0.2) is 11.5 Å². The summed E-state index contributed by atoms with van der Waals surface area (Å²) in [5.41, 5.74) is 2.88. The maximum Gasteiger partial charge on any atom is 0.341 e. The SMILES string of the molecule is CCn1cc(C(=O)O)c(=O)c2cc(F)c(N3CCN(C)CC3)cc21.COc1ccc(/C=N\NC(=O)c2ccncc2)c(C(=O)O)c1OC. The van der Waals surface area contributed by atoms with E-state index in [-0.39, 0.29) is 33.6 Å². The van der Waals surface area contributed by atoms with E-state index in [0.29, 0.717) is 36.4 Å². The Morgan fingerprint density at radius 1 is 1.02 bits per heavy atom. The molecule has 0 radical (unpaired) electrons. The quantitative estimate of drug-likeness (QED) is 0.177. The van der Waals surface area contributed by atoms with E-state index in [9.17, 15) is 33.8 Å². The minimum absolute atomic E-state index is 0.0782. The van der Waals surface area contributed by atoms with E-state index in [1.807, 2.05) is 18.9 Å². The molecule has 1 fully saturated rings. The van der Waals surface area contributed by atoms with Gasteiger partial charge in [-0.15, -0.1) is 0 Å². The second-order valence-electron chi connectivity index (χ2n) is 10.6. The van der Waals surface area contributed by atoms with Crippen LogP contribution < -0.4 is 25.2 Å². The summed E-state index contributed by atoms with van der Waals surface area (Å²) < 4.78 is 26.5. The van der Waals surface area contributed by atoms with Gasteiger partial charge in [-0.3, -0.25) is 14.6 Å². The number of carbonyl (C=O) groups excluding carboxylic acids is 1. The van der Waals surface area contributed by atoms with Crippen LogP contribution in [0.1, 0.15) is 43.6 Å². The average molecular weight is 663 g/mol. The maximum absolute atomic E-state index is 14.6. The molecule has 1 amide bonds. The number of aromatic nitrogens is 2. The standard InChI is InChI=1S/C17H20FN3O3.C16H15N3O5/c1-3-20-10-12(17(23)24)16(22)11-8-13(18)15(9-14(11)20)21-6-4-19(2)5-7-21;1-23-12-4-3-11(13(16(21)22)14(12)24-2)9-18-19-15(20)10-5-7-17-8-6-10/h8-10H,3-7H2,1-2H3,(H,23,24);3-9H,1-2H3,(H,19,20)(H,21,22)/b;18-9-. The molecule has 15 heteroatoms. The summed E-state index contributed by atoms with van der Waals surface area (Å²) in [6, 6.07) is 8.95. The predicted octanol–water partition coefficient (Wildman–Crippen LogP) is 3.17. The third-order valence-corrected chi connectivity index (χ3v) is 7.67. The summed E-state index contributed by atoms with van der Waals surface area (Å²) in [7, 11) is 4.78. The van der Waals surface area contributed by atoms with Crippen LogP contribution in [0.3, 0.4) is 0 Å². The van der Waals surface area contributed by atoms with Crippen molar-refractivity contribution in [1.82, 2.24) is 19.9 Å². The van der Waals surface area contributed by atoms with E-state index in [1.165, 1.54) is 63.3 Å². The van der Waals surface area contributed by atoms with Gasteiger partial charge in [-0.2, -0.15) is 5.10 Å². The van der Waals surface area contributed by atoms with Crippen LogP contribution >= 0.6 is 0 Å². The summed E-state index contributed by atoms with van der Waals surface area (Å²) in [4.78, 5) is 54.9. The lowest BCUT2D eigenvalue weighted by Gasteiger charge is -2.34. The molecule has 252 valence electrons. The van der Waals surface area contributed by atoms with E-state index in [1.54, 1.807) is 16.7 Å². The van der Waals surface area contributed by atoms with Gasteiger partial charge in [-0.25, -0.2) is 19.4 Å². The van der Waals surface area contributed by atoms with Crippen molar-refractivity contribution in [2.45, 2.75) is 13.5 Å². The lowest BCUT2D eigenvalue weighted by atomic mass is 10.1. The number of fused-ring (bicyclic) bond motifs is 1. The number of amides is 1. The Morgan fingerprint density at radius 3 is 2.29 bits per heavy atom. The van der Waals surface area contributed by atoms with Gasteiger partial charge >= 0.3 is 11.9 Å². The van der Waals surface area contributed by atoms with Crippen molar-refractivity contribution in [3.05, 3.63) is 93.3 Å². The number of nitrogens with zero attached hydrogens (tertiary/aromatic N) is 5. The number of methoxy groups -OCH3 is 2. The van der Waals surface area contributed by atoms with Crippen molar-refractivity contribution in [3.8, 4) is 11.5 Å².